The van der Waals surface area contributed by atoms with Gasteiger partial charge in [0, 0.05) is 19.6 Å². The van der Waals surface area contributed by atoms with Gasteiger partial charge in [0.05, 0.1) is 12.0 Å². The molecule has 1 aliphatic heterocycles. The zero-order chi connectivity index (χ0) is 18.5. The Morgan fingerprint density at radius 2 is 2.15 bits per heavy atom. The van der Waals surface area contributed by atoms with Crippen molar-refractivity contribution >= 4 is 17.7 Å². The van der Waals surface area contributed by atoms with E-state index < -0.39 is 0 Å². The van der Waals surface area contributed by atoms with Gasteiger partial charge in [-0.05, 0) is 42.2 Å². The molecule has 4 rings (SSSR count). The van der Waals surface area contributed by atoms with Crippen LogP contribution < -0.4 is 0 Å². The minimum absolute atomic E-state index is 0.212. The van der Waals surface area contributed by atoms with Crippen LogP contribution in [-0.4, -0.2) is 43.9 Å². The SMILES string of the molecule is Cn1c(SCC(=O)N2C[C@@]3(C)C[C@@H]2CC(C)(C)C3)nnc1-c1ccco1. The van der Waals surface area contributed by atoms with Gasteiger partial charge in [0.2, 0.25) is 5.91 Å². The average Bonchev–Trinajstić information content (AvgIpc) is 3.23. The number of amides is 1. The van der Waals surface area contributed by atoms with E-state index in [4.69, 9.17) is 4.42 Å². The number of fused-ring (bicyclic) bond motifs is 2. The molecule has 1 amide bonds. The summed E-state index contributed by atoms with van der Waals surface area (Å²) in [4.78, 5) is 15.0. The van der Waals surface area contributed by atoms with Gasteiger partial charge in [-0.2, -0.15) is 0 Å². The molecule has 1 saturated heterocycles. The second kappa shape index (κ2) is 6.15. The summed E-state index contributed by atoms with van der Waals surface area (Å²) >= 11 is 1.45. The molecule has 0 radical (unpaired) electrons. The maximum absolute atomic E-state index is 12.9. The van der Waals surface area contributed by atoms with E-state index in [0.717, 1.165) is 24.5 Å². The molecule has 2 bridgehead atoms. The fourth-order valence-corrected chi connectivity index (χ4v) is 5.82. The van der Waals surface area contributed by atoms with Crippen molar-refractivity contribution in [2.75, 3.05) is 12.3 Å². The van der Waals surface area contributed by atoms with Crippen LogP contribution >= 0.6 is 11.8 Å². The summed E-state index contributed by atoms with van der Waals surface area (Å²) < 4.78 is 7.27. The number of carbonyl (C=O) groups excluding carboxylic acids is 1. The van der Waals surface area contributed by atoms with E-state index in [1.54, 1.807) is 6.26 Å². The largest absolute Gasteiger partial charge is 0.461 e. The Balaban J connectivity index is 1.42. The minimum Gasteiger partial charge on any atom is -0.461 e. The molecule has 2 atom stereocenters. The molecule has 6 nitrogen and oxygen atoms in total. The summed E-state index contributed by atoms with van der Waals surface area (Å²) in [5, 5.41) is 9.14. The highest BCUT2D eigenvalue weighted by molar-refractivity contribution is 7.99. The average molecular weight is 375 g/mol. The number of nitrogens with zero attached hydrogens (tertiary/aromatic N) is 4. The van der Waals surface area contributed by atoms with Crippen molar-refractivity contribution < 1.29 is 9.21 Å². The molecule has 2 fully saturated rings. The molecule has 3 heterocycles. The maximum atomic E-state index is 12.9. The third-order valence-electron chi connectivity index (χ3n) is 5.64. The van der Waals surface area contributed by atoms with Gasteiger partial charge in [-0.25, -0.2) is 0 Å². The highest BCUT2D eigenvalue weighted by Gasteiger charge is 2.50. The van der Waals surface area contributed by atoms with Crippen LogP contribution in [0.25, 0.3) is 11.6 Å². The van der Waals surface area contributed by atoms with Crippen molar-refractivity contribution in [3.8, 4) is 11.6 Å². The van der Waals surface area contributed by atoms with Gasteiger partial charge in [-0.1, -0.05) is 32.5 Å². The third-order valence-corrected chi connectivity index (χ3v) is 6.64. The number of likely N-dealkylation sites (tertiary alicyclic amines) is 1. The summed E-state index contributed by atoms with van der Waals surface area (Å²) in [7, 11) is 1.90. The van der Waals surface area contributed by atoms with Crippen LogP contribution in [0, 0.1) is 10.8 Å². The van der Waals surface area contributed by atoms with E-state index in [2.05, 4.69) is 35.9 Å². The minimum atomic E-state index is 0.212. The lowest BCUT2D eigenvalue weighted by Crippen LogP contribution is -2.38. The molecule has 2 aliphatic rings. The van der Waals surface area contributed by atoms with E-state index in [9.17, 15) is 4.79 Å². The van der Waals surface area contributed by atoms with E-state index in [1.165, 1.54) is 18.2 Å². The fraction of sp³-hybridized carbons (Fsp3) is 0.632. The van der Waals surface area contributed by atoms with Gasteiger partial charge in [0.1, 0.15) is 0 Å². The molecular weight excluding hydrogens is 348 g/mol. The van der Waals surface area contributed by atoms with Crippen LogP contribution in [-0.2, 0) is 11.8 Å². The second-order valence-corrected chi connectivity index (χ2v) is 9.81. The monoisotopic (exact) mass is 374 g/mol. The lowest BCUT2D eigenvalue weighted by atomic mass is 9.65. The first-order valence-electron chi connectivity index (χ1n) is 9.12. The highest BCUT2D eigenvalue weighted by Crippen LogP contribution is 2.52. The second-order valence-electron chi connectivity index (χ2n) is 8.87. The molecule has 1 saturated carbocycles. The van der Waals surface area contributed by atoms with E-state index in [0.29, 0.717) is 28.8 Å². The number of hydrogen-bond acceptors (Lipinski definition) is 5. The van der Waals surface area contributed by atoms with Crippen molar-refractivity contribution in [1.82, 2.24) is 19.7 Å². The van der Waals surface area contributed by atoms with Gasteiger partial charge in [-0.3, -0.25) is 4.79 Å². The van der Waals surface area contributed by atoms with Crippen LogP contribution in [0.3, 0.4) is 0 Å². The molecule has 26 heavy (non-hydrogen) atoms. The summed E-state index contributed by atoms with van der Waals surface area (Å²) in [6.07, 6.45) is 5.06. The Morgan fingerprint density at radius 1 is 1.35 bits per heavy atom. The molecular formula is C19H26N4O2S. The van der Waals surface area contributed by atoms with Crippen LogP contribution in [0.15, 0.2) is 28.0 Å². The van der Waals surface area contributed by atoms with Crippen molar-refractivity contribution in [1.29, 1.82) is 0 Å². The Labute approximate surface area is 158 Å². The molecule has 2 aromatic heterocycles. The first-order chi connectivity index (χ1) is 12.3. The van der Waals surface area contributed by atoms with Crippen LogP contribution in [0.5, 0.6) is 0 Å². The molecule has 0 unspecified atom stereocenters. The predicted molar refractivity (Wildman–Crippen MR) is 101 cm³/mol. The fourth-order valence-electron chi connectivity index (χ4n) is 5.02. The van der Waals surface area contributed by atoms with Crippen LogP contribution in [0.4, 0.5) is 0 Å². The van der Waals surface area contributed by atoms with Crippen molar-refractivity contribution in [2.24, 2.45) is 17.9 Å². The van der Waals surface area contributed by atoms with Gasteiger partial charge in [-0.15, -0.1) is 10.2 Å². The molecule has 0 N–H and O–H groups in total. The van der Waals surface area contributed by atoms with E-state index in [-0.39, 0.29) is 11.3 Å². The number of aromatic nitrogens is 3. The van der Waals surface area contributed by atoms with Crippen molar-refractivity contribution in [3.63, 3.8) is 0 Å². The van der Waals surface area contributed by atoms with Gasteiger partial charge < -0.3 is 13.9 Å². The van der Waals surface area contributed by atoms with E-state index >= 15 is 0 Å². The molecule has 0 spiro atoms. The molecule has 140 valence electrons. The summed E-state index contributed by atoms with van der Waals surface area (Å²) in [6, 6.07) is 4.07. The highest BCUT2D eigenvalue weighted by atomic mass is 32.2. The summed E-state index contributed by atoms with van der Waals surface area (Å²) in [6.45, 7) is 7.88. The lowest BCUT2D eigenvalue weighted by Gasteiger charge is -2.39. The summed E-state index contributed by atoms with van der Waals surface area (Å²) in [5.74, 6) is 1.97. The quantitative estimate of drug-likeness (QED) is 0.765. The van der Waals surface area contributed by atoms with Gasteiger partial charge >= 0.3 is 0 Å². The number of hydrogen-bond donors (Lipinski definition) is 0. The number of furan rings is 1. The topological polar surface area (TPSA) is 64.2 Å². The van der Waals surface area contributed by atoms with E-state index in [1.807, 2.05) is 23.7 Å². The Morgan fingerprint density at radius 3 is 2.88 bits per heavy atom. The third kappa shape index (κ3) is 3.17. The predicted octanol–water partition coefficient (Wildman–Crippen LogP) is 3.59. The number of rotatable bonds is 4. The lowest BCUT2D eigenvalue weighted by molar-refractivity contribution is -0.129. The number of thioether (sulfide) groups is 1. The Kier molecular flexibility index (Phi) is 4.17. The van der Waals surface area contributed by atoms with Gasteiger partial charge in [0.15, 0.2) is 16.7 Å². The first-order valence-corrected chi connectivity index (χ1v) is 10.1. The maximum Gasteiger partial charge on any atom is 0.233 e. The standard InChI is InChI=1S/C19H26N4O2S/c1-18(2)8-13-9-19(3,11-18)12-23(13)15(24)10-26-17-21-20-16(22(17)4)14-6-5-7-25-14/h5-7,13H,8-12H2,1-4H3/t13-,19-/m0/s1. The van der Waals surface area contributed by atoms with Crippen LogP contribution in [0.2, 0.25) is 0 Å². The molecule has 2 aromatic rings. The first kappa shape index (κ1) is 17.6. The van der Waals surface area contributed by atoms with Gasteiger partial charge in [0.25, 0.3) is 0 Å². The molecule has 7 heteroatoms. The van der Waals surface area contributed by atoms with Crippen molar-refractivity contribution in [2.45, 2.75) is 51.2 Å². The molecule has 0 aromatic carbocycles. The Bertz CT molecular complexity index is 814. The van der Waals surface area contributed by atoms with Crippen molar-refractivity contribution in [3.05, 3.63) is 18.4 Å². The zero-order valence-electron chi connectivity index (χ0n) is 15.9. The normalized spacial score (nSPS) is 27.1. The number of carbonyl (C=O) groups is 1. The molecule has 1 aliphatic carbocycles. The summed E-state index contributed by atoms with van der Waals surface area (Å²) in [5.41, 5.74) is 0.589. The zero-order valence-corrected chi connectivity index (χ0v) is 16.7. The van der Waals surface area contributed by atoms with Crippen LogP contribution in [0.1, 0.15) is 40.0 Å². The smallest absolute Gasteiger partial charge is 0.233 e. The Hall–Kier alpha value is -1.76.